The summed E-state index contributed by atoms with van der Waals surface area (Å²) in [7, 11) is 0. The topological polar surface area (TPSA) is 94.5 Å². The van der Waals surface area contributed by atoms with Gasteiger partial charge in [0.25, 0.3) is 0 Å². The number of nitriles is 1. The van der Waals surface area contributed by atoms with E-state index in [0.29, 0.717) is 19.4 Å². The third-order valence-corrected chi connectivity index (χ3v) is 4.35. The summed E-state index contributed by atoms with van der Waals surface area (Å²) < 4.78 is 33.6. The zero-order valence-electron chi connectivity index (χ0n) is 16.8. The number of alkyl carbamates (subject to hydrolysis) is 1. The average molecular weight is 408 g/mol. The van der Waals surface area contributed by atoms with Crippen LogP contribution < -0.4 is 15.5 Å². The molecule has 0 aliphatic carbocycles. The van der Waals surface area contributed by atoms with Crippen molar-refractivity contribution < 1.29 is 23.1 Å². The first-order valence-electron chi connectivity index (χ1n) is 9.49. The largest absolute Gasteiger partial charge is 0.444 e. The van der Waals surface area contributed by atoms with Crippen molar-refractivity contribution in [3.05, 3.63) is 29.3 Å². The molecule has 1 atom stereocenters. The van der Waals surface area contributed by atoms with Crippen LogP contribution in [0.5, 0.6) is 0 Å². The van der Waals surface area contributed by atoms with Crippen molar-refractivity contribution in [3.8, 4) is 6.07 Å². The number of carbonyl (C=O) groups excluding carboxylic acids is 2. The number of hydrogen-bond acceptors (Lipinski definition) is 5. The predicted molar refractivity (Wildman–Crippen MR) is 103 cm³/mol. The molecule has 1 heterocycles. The second kappa shape index (κ2) is 9.54. The van der Waals surface area contributed by atoms with Gasteiger partial charge in [-0.3, -0.25) is 4.79 Å². The fraction of sp³-hybridized carbons (Fsp3) is 0.550. The Bertz CT molecular complexity index is 779. The molecule has 1 aliphatic heterocycles. The van der Waals surface area contributed by atoms with Gasteiger partial charge in [-0.25, -0.2) is 13.6 Å². The molecule has 9 heteroatoms. The number of halogens is 2. The Balaban J connectivity index is 1.87. The van der Waals surface area contributed by atoms with Crippen LogP contribution in [-0.2, 0) is 9.53 Å². The van der Waals surface area contributed by atoms with Crippen molar-refractivity contribution in [2.75, 3.05) is 31.1 Å². The molecule has 1 fully saturated rings. The van der Waals surface area contributed by atoms with Crippen molar-refractivity contribution in [2.45, 2.75) is 39.2 Å². The van der Waals surface area contributed by atoms with Crippen molar-refractivity contribution in [1.82, 2.24) is 10.6 Å². The second-order valence-corrected chi connectivity index (χ2v) is 7.91. The molecule has 0 aromatic heterocycles. The van der Waals surface area contributed by atoms with Gasteiger partial charge in [-0.2, -0.15) is 5.26 Å². The molecule has 0 saturated carbocycles. The van der Waals surface area contributed by atoms with Gasteiger partial charge in [-0.1, -0.05) is 0 Å². The number of hydrogen-bond donors (Lipinski definition) is 2. The van der Waals surface area contributed by atoms with Crippen LogP contribution in [0.15, 0.2) is 12.1 Å². The summed E-state index contributed by atoms with van der Waals surface area (Å²) in [6.07, 6.45) is 0.636. The lowest BCUT2D eigenvalue weighted by Crippen LogP contribution is -2.45. The SMILES string of the molecule is CC(C)(C)OC(=O)NCCNC(=O)C1CCCN(c2c(F)cc(C#N)cc2F)C1. The highest BCUT2D eigenvalue weighted by atomic mass is 19.1. The van der Waals surface area contributed by atoms with E-state index in [1.165, 1.54) is 4.90 Å². The highest BCUT2D eigenvalue weighted by Gasteiger charge is 2.29. The van der Waals surface area contributed by atoms with Gasteiger partial charge in [-0.05, 0) is 45.7 Å². The Hall–Kier alpha value is -2.89. The number of anilines is 1. The third-order valence-electron chi connectivity index (χ3n) is 4.35. The van der Waals surface area contributed by atoms with Crippen molar-refractivity contribution in [1.29, 1.82) is 5.26 Å². The third kappa shape index (κ3) is 6.59. The highest BCUT2D eigenvalue weighted by Crippen LogP contribution is 2.29. The van der Waals surface area contributed by atoms with Gasteiger partial charge in [0.2, 0.25) is 5.91 Å². The molecule has 1 aromatic rings. The van der Waals surface area contributed by atoms with Gasteiger partial charge >= 0.3 is 6.09 Å². The van der Waals surface area contributed by atoms with Crippen LogP contribution in [0.25, 0.3) is 0 Å². The minimum atomic E-state index is -0.816. The van der Waals surface area contributed by atoms with E-state index in [1.807, 2.05) is 0 Å². The first-order chi connectivity index (χ1) is 13.6. The molecule has 1 saturated heterocycles. The molecular weight excluding hydrogens is 382 g/mol. The molecule has 29 heavy (non-hydrogen) atoms. The molecule has 2 amide bonds. The van der Waals surface area contributed by atoms with Gasteiger partial charge < -0.3 is 20.3 Å². The van der Waals surface area contributed by atoms with E-state index in [2.05, 4.69) is 10.6 Å². The molecular formula is C20H26F2N4O3. The summed E-state index contributed by atoms with van der Waals surface area (Å²) in [4.78, 5) is 25.5. The maximum absolute atomic E-state index is 14.3. The van der Waals surface area contributed by atoms with E-state index in [-0.39, 0.29) is 36.8 Å². The van der Waals surface area contributed by atoms with Crippen molar-refractivity contribution in [2.24, 2.45) is 5.92 Å². The summed E-state index contributed by atoms with van der Waals surface area (Å²) >= 11 is 0. The Labute approximate surface area is 169 Å². The first-order valence-corrected chi connectivity index (χ1v) is 9.49. The number of rotatable bonds is 5. The molecule has 1 aliphatic rings. The monoisotopic (exact) mass is 408 g/mol. The normalized spacial score (nSPS) is 16.7. The summed E-state index contributed by atoms with van der Waals surface area (Å²) in [6.45, 7) is 6.27. The summed E-state index contributed by atoms with van der Waals surface area (Å²) in [5.41, 5.74) is -0.907. The van der Waals surface area contributed by atoms with Crippen LogP contribution in [0.4, 0.5) is 19.3 Å². The van der Waals surface area contributed by atoms with Crippen LogP contribution >= 0.6 is 0 Å². The fourth-order valence-corrected chi connectivity index (χ4v) is 3.14. The number of piperidine rings is 1. The number of amides is 2. The molecule has 158 valence electrons. The molecule has 0 spiro atoms. The van der Waals surface area contributed by atoms with Gasteiger partial charge in [0.1, 0.15) is 11.3 Å². The number of nitrogens with one attached hydrogen (secondary N) is 2. The molecule has 0 bridgehead atoms. The van der Waals surface area contributed by atoms with Gasteiger partial charge in [0.05, 0.1) is 17.6 Å². The van der Waals surface area contributed by atoms with Crippen LogP contribution in [0.2, 0.25) is 0 Å². The summed E-state index contributed by atoms with van der Waals surface area (Å²) in [6, 6.07) is 3.69. The Morgan fingerprint density at radius 1 is 1.24 bits per heavy atom. The molecule has 7 nitrogen and oxygen atoms in total. The second-order valence-electron chi connectivity index (χ2n) is 7.91. The lowest BCUT2D eigenvalue weighted by Gasteiger charge is -2.34. The number of benzene rings is 1. The van der Waals surface area contributed by atoms with E-state index in [9.17, 15) is 18.4 Å². The minimum Gasteiger partial charge on any atom is -0.444 e. The van der Waals surface area contributed by atoms with Crippen LogP contribution in [0, 0.1) is 28.9 Å². The van der Waals surface area contributed by atoms with E-state index in [0.717, 1.165) is 12.1 Å². The fourth-order valence-electron chi connectivity index (χ4n) is 3.14. The average Bonchev–Trinajstić information content (AvgIpc) is 2.63. The lowest BCUT2D eigenvalue weighted by molar-refractivity contribution is -0.125. The van der Waals surface area contributed by atoms with E-state index in [1.54, 1.807) is 26.8 Å². The Morgan fingerprint density at radius 3 is 2.45 bits per heavy atom. The van der Waals surface area contributed by atoms with Crippen LogP contribution in [0.1, 0.15) is 39.2 Å². The Morgan fingerprint density at radius 2 is 1.86 bits per heavy atom. The lowest BCUT2D eigenvalue weighted by atomic mass is 9.96. The minimum absolute atomic E-state index is 0.0902. The van der Waals surface area contributed by atoms with Crippen molar-refractivity contribution >= 4 is 17.7 Å². The number of carbonyl (C=O) groups is 2. The molecule has 2 rings (SSSR count). The van der Waals surface area contributed by atoms with Crippen LogP contribution in [0.3, 0.4) is 0 Å². The summed E-state index contributed by atoms with van der Waals surface area (Å²) in [5.74, 6) is -2.30. The molecule has 0 radical (unpaired) electrons. The first kappa shape index (κ1) is 22.4. The molecule has 2 N–H and O–H groups in total. The van der Waals surface area contributed by atoms with Crippen molar-refractivity contribution in [3.63, 3.8) is 0 Å². The predicted octanol–water partition coefficient (Wildman–Crippen LogP) is 2.69. The highest BCUT2D eigenvalue weighted by molar-refractivity contribution is 5.79. The van der Waals surface area contributed by atoms with Gasteiger partial charge in [-0.15, -0.1) is 0 Å². The van der Waals surface area contributed by atoms with E-state index in [4.69, 9.17) is 10.00 Å². The van der Waals surface area contributed by atoms with Gasteiger partial charge in [0.15, 0.2) is 11.6 Å². The zero-order chi connectivity index (χ0) is 21.6. The van der Waals surface area contributed by atoms with Gasteiger partial charge in [0, 0.05) is 26.2 Å². The Kier molecular flexibility index (Phi) is 7.37. The van der Waals surface area contributed by atoms with E-state index < -0.39 is 29.2 Å². The molecule has 1 aromatic carbocycles. The van der Waals surface area contributed by atoms with Crippen LogP contribution in [-0.4, -0.2) is 43.8 Å². The molecule has 1 unspecified atom stereocenters. The smallest absolute Gasteiger partial charge is 0.407 e. The standard InChI is InChI=1S/C20H26F2N4O3/c1-20(2,3)29-19(28)25-7-6-24-18(27)14-5-4-8-26(12-14)17-15(21)9-13(11-23)10-16(17)22/h9-10,14H,4-8,12H2,1-3H3,(H,24,27)(H,25,28). The number of nitrogens with zero attached hydrogens (tertiary/aromatic N) is 2. The maximum Gasteiger partial charge on any atom is 0.407 e. The van der Waals surface area contributed by atoms with E-state index >= 15 is 0 Å². The zero-order valence-corrected chi connectivity index (χ0v) is 16.8. The quantitative estimate of drug-likeness (QED) is 0.731. The maximum atomic E-state index is 14.3. The number of ether oxygens (including phenoxy) is 1. The summed E-state index contributed by atoms with van der Waals surface area (Å²) in [5, 5.41) is 14.1.